The van der Waals surface area contributed by atoms with Crippen LogP contribution in [0.15, 0.2) is 84.0 Å². The van der Waals surface area contributed by atoms with E-state index in [4.69, 9.17) is 51.5 Å². The second kappa shape index (κ2) is 17.7. The lowest BCUT2D eigenvalue weighted by Crippen LogP contribution is -2.53. The molecule has 2 aromatic carbocycles. The minimum atomic E-state index is -2.87. The Kier molecular flexibility index (Phi) is 13.8. The van der Waals surface area contributed by atoms with Crippen molar-refractivity contribution in [2.24, 2.45) is 5.41 Å². The van der Waals surface area contributed by atoms with E-state index in [0.717, 1.165) is 9.80 Å². The SMILES string of the molecule is CC1=CN(C)C=C(C(=O)C(CCCCCCCC(=O)O)(C(=O)O)C(=O)C2=CN(C)C=C(C)N2C(=O)c2ccc(Cl)cc2Cl)N1C(=O)c1ccc(Cl)cc1Cl. The molecule has 286 valence electrons. The molecule has 0 aromatic heterocycles. The fraction of sp³-hybridized carbons (Fsp3) is 0.316. The smallest absolute Gasteiger partial charge is 0.325 e. The van der Waals surface area contributed by atoms with Crippen LogP contribution in [0.5, 0.6) is 0 Å². The molecule has 4 rings (SSSR count). The predicted molar refractivity (Wildman–Crippen MR) is 205 cm³/mol. The summed E-state index contributed by atoms with van der Waals surface area (Å²) in [6.45, 7) is 3.06. The van der Waals surface area contributed by atoms with Gasteiger partial charge in [0.15, 0.2) is 5.41 Å². The topological polar surface area (TPSA) is 156 Å². The summed E-state index contributed by atoms with van der Waals surface area (Å²) in [5.41, 5.74) is -3.38. The summed E-state index contributed by atoms with van der Waals surface area (Å²) in [5.74, 6) is -6.74. The number of Topliss-reactive ketones (excluding diaryl/α,β-unsaturated/α-hetero) is 2. The molecule has 0 aliphatic carbocycles. The molecule has 2 heterocycles. The fourth-order valence-corrected chi connectivity index (χ4v) is 7.33. The normalized spacial score (nSPS) is 14.6. The van der Waals surface area contributed by atoms with Crippen molar-refractivity contribution in [3.63, 3.8) is 0 Å². The van der Waals surface area contributed by atoms with Gasteiger partial charge in [-0.1, -0.05) is 72.1 Å². The van der Waals surface area contributed by atoms with E-state index in [1.54, 1.807) is 14.1 Å². The maximum Gasteiger partial charge on any atom is 0.325 e. The van der Waals surface area contributed by atoms with Crippen molar-refractivity contribution in [1.82, 2.24) is 19.6 Å². The number of unbranched alkanes of at least 4 members (excludes halogenated alkanes) is 4. The van der Waals surface area contributed by atoms with Gasteiger partial charge in [0.2, 0.25) is 11.6 Å². The minimum Gasteiger partial charge on any atom is -0.481 e. The molecule has 54 heavy (non-hydrogen) atoms. The van der Waals surface area contributed by atoms with Crippen molar-refractivity contribution < 1.29 is 39.0 Å². The molecule has 2 aromatic rings. The van der Waals surface area contributed by atoms with Crippen LogP contribution >= 0.6 is 46.4 Å². The standard InChI is InChI=1S/C38H38Cl4N4O8/c1-22-18-43(3)20-30(45(22)35(51)26-13-11-24(39)16-28(26)41)33(49)38(37(53)54,15-9-7-5-6-8-10-32(47)48)34(50)31-21-44(4)19-23(2)46(31)36(52)27-14-12-25(40)17-29(27)42/h11-14,16-21H,5-10,15H2,1-4H3,(H,47,48)(H,53,54). The van der Waals surface area contributed by atoms with E-state index < -0.39 is 58.5 Å². The van der Waals surface area contributed by atoms with Crippen LogP contribution < -0.4 is 0 Å². The molecule has 0 radical (unpaired) electrons. The van der Waals surface area contributed by atoms with Gasteiger partial charge in [0.05, 0.1) is 21.2 Å². The average molecular weight is 821 g/mol. The Balaban J connectivity index is 1.86. The molecule has 0 unspecified atom stereocenters. The number of allylic oxidation sites excluding steroid dienone is 4. The first-order valence-electron chi connectivity index (χ1n) is 16.8. The summed E-state index contributed by atoms with van der Waals surface area (Å²) in [5, 5.41) is 20.6. The Labute approximate surface area is 332 Å². The molecule has 0 spiro atoms. The second-order valence-corrected chi connectivity index (χ2v) is 14.6. The van der Waals surface area contributed by atoms with E-state index in [1.165, 1.54) is 84.8 Å². The zero-order chi connectivity index (χ0) is 40.1. The Hall–Kier alpha value is -4.62. The number of carboxylic acids is 2. The van der Waals surface area contributed by atoms with Gasteiger partial charge in [-0.05, 0) is 63.1 Å². The molecule has 2 amide bonds. The Morgan fingerprint density at radius 1 is 0.611 bits per heavy atom. The minimum absolute atomic E-state index is 0.0258. The highest BCUT2D eigenvalue weighted by Crippen LogP contribution is 2.40. The summed E-state index contributed by atoms with van der Waals surface area (Å²) in [6.07, 6.45) is 6.77. The first-order chi connectivity index (χ1) is 25.4. The van der Waals surface area contributed by atoms with E-state index in [1.807, 2.05) is 0 Å². The summed E-state index contributed by atoms with van der Waals surface area (Å²) in [6, 6.07) is 8.29. The van der Waals surface area contributed by atoms with Gasteiger partial charge in [0, 0.05) is 66.8 Å². The number of carboxylic acid groups (broad SMARTS) is 2. The highest BCUT2D eigenvalue weighted by Gasteiger charge is 2.57. The van der Waals surface area contributed by atoms with Gasteiger partial charge in [-0.15, -0.1) is 0 Å². The lowest BCUT2D eigenvalue weighted by Gasteiger charge is -2.38. The van der Waals surface area contributed by atoms with Gasteiger partial charge in [0.1, 0.15) is 11.4 Å². The van der Waals surface area contributed by atoms with Crippen LogP contribution in [0.4, 0.5) is 0 Å². The fourth-order valence-electron chi connectivity index (χ4n) is 6.35. The second-order valence-electron chi connectivity index (χ2n) is 13.0. The number of nitrogens with zero attached hydrogens (tertiary/aromatic N) is 4. The third-order valence-corrected chi connectivity index (χ3v) is 9.99. The van der Waals surface area contributed by atoms with E-state index >= 15 is 9.59 Å². The molecule has 0 saturated heterocycles. The van der Waals surface area contributed by atoms with Gasteiger partial charge in [-0.3, -0.25) is 38.6 Å². The number of ketones is 2. The lowest BCUT2D eigenvalue weighted by molar-refractivity contribution is -0.159. The van der Waals surface area contributed by atoms with Crippen molar-refractivity contribution >= 4 is 81.7 Å². The van der Waals surface area contributed by atoms with Crippen molar-refractivity contribution in [2.75, 3.05) is 14.1 Å². The van der Waals surface area contributed by atoms with Crippen LogP contribution in [0.25, 0.3) is 0 Å². The molecule has 0 atom stereocenters. The van der Waals surface area contributed by atoms with Crippen molar-refractivity contribution in [3.05, 3.63) is 115 Å². The number of aliphatic carboxylic acids is 2. The molecule has 0 bridgehead atoms. The Morgan fingerprint density at radius 3 is 1.41 bits per heavy atom. The van der Waals surface area contributed by atoms with Gasteiger partial charge < -0.3 is 20.0 Å². The first kappa shape index (κ1) is 42.1. The number of benzene rings is 2. The number of hydrogen-bond donors (Lipinski definition) is 2. The summed E-state index contributed by atoms with van der Waals surface area (Å²) < 4.78 is 0. The number of hydrogen-bond acceptors (Lipinski definition) is 8. The largest absolute Gasteiger partial charge is 0.481 e. The molecule has 2 aliphatic rings. The van der Waals surface area contributed by atoms with Crippen LogP contribution in [0.3, 0.4) is 0 Å². The quantitative estimate of drug-likeness (QED) is 0.133. The molecular formula is C38H38Cl4N4O8. The molecular weight excluding hydrogens is 782 g/mol. The van der Waals surface area contributed by atoms with E-state index in [9.17, 15) is 24.3 Å². The van der Waals surface area contributed by atoms with Crippen LogP contribution in [0.1, 0.15) is 79.5 Å². The highest BCUT2D eigenvalue weighted by atomic mass is 35.5. The van der Waals surface area contributed by atoms with Crippen LogP contribution in [0, 0.1) is 5.41 Å². The maximum atomic E-state index is 15.1. The molecule has 16 heteroatoms. The zero-order valence-corrected chi connectivity index (χ0v) is 32.9. The van der Waals surface area contributed by atoms with Gasteiger partial charge >= 0.3 is 11.9 Å². The highest BCUT2D eigenvalue weighted by molar-refractivity contribution is 6.38. The maximum absolute atomic E-state index is 15.1. The first-order valence-corrected chi connectivity index (χ1v) is 18.3. The van der Waals surface area contributed by atoms with Crippen molar-refractivity contribution in [1.29, 1.82) is 0 Å². The van der Waals surface area contributed by atoms with Crippen LogP contribution in [0.2, 0.25) is 20.1 Å². The molecule has 2 aliphatic heterocycles. The van der Waals surface area contributed by atoms with E-state index in [0.29, 0.717) is 25.7 Å². The lowest BCUT2D eigenvalue weighted by atomic mass is 9.72. The Morgan fingerprint density at radius 2 is 1.02 bits per heavy atom. The molecule has 0 fully saturated rings. The van der Waals surface area contributed by atoms with Gasteiger partial charge in [-0.2, -0.15) is 0 Å². The number of rotatable bonds is 15. The van der Waals surface area contributed by atoms with Crippen LogP contribution in [-0.4, -0.2) is 79.2 Å². The third kappa shape index (κ3) is 9.01. The van der Waals surface area contributed by atoms with Crippen molar-refractivity contribution in [3.8, 4) is 0 Å². The predicted octanol–water partition coefficient (Wildman–Crippen LogP) is 8.21. The molecule has 12 nitrogen and oxygen atoms in total. The van der Waals surface area contributed by atoms with Gasteiger partial charge in [-0.25, -0.2) is 0 Å². The van der Waals surface area contributed by atoms with Gasteiger partial charge in [0.25, 0.3) is 11.8 Å². The Bertz CT molecular complexity index is 1910. The summed E-state index contributed by atoms with van der Waals surface area (Å²) >= 11 is 25.0. The number of amides is 2. The van der Waals surface area contributed by atoms with Crippen molar-refractivity contribution in [2.45, 2.75) is 58.8 Å². The average Bonchev–Trinajstić information content (AvgIpc) is 3.07. The van der Waals surface area contributed by atoms with E-state index in [2.05, 4.69) is 0 Å². The summed E-state index contributed by atoms with van der Waals surface area (Å²) in [4.78, 5) is 88.2. The number of carbonyl (C=O) groups excluding carboxylic acids is 4. The van der Waals surface area contributed by atoms with Crippen LogP contribution in [-0.2, 0) is 19.2 Å². The zero-order valence-electron chi connectivity index (χ0n) is 29.9. The monoisotopic (exact) mass is 818 g/mol. The molecule has 0 saturated carbocycles. The number of carbonyl (C=O) groups is 6. The third-order valence-electron chi connectivity index (χ3n) is 8.90. The molecule has 2 N–H and O–H groups in total. The summed E-state index contributed by atoms with van der Waals surface area (Å²) in [7, 11) is 3.14. The number of halogens is 4. The van der Waals surface area contributed by atoms with E-state index in [-0.39, 0.29) is 55.5 Å².